The minimum Gasteiger partial charge on any atom is -0.493 e. The van der Waals surface area contributed by atoms with Crippen molar-refractivity contribution in [3.8, 4) is 5.75 Å². The van der Waals surface area contributed by atoms with E-state index in [2.05, 4.69) is 21.2 Å². The van der Waals surface area contributed by atoms with E-state index in [1.807, 2.05) is 25.1 Å². The standard InChI is InChI=1S/C16H15BrClNO2/c1-11-10-12(17)2-7-15(11)19-16(20)8-9-21-14-5-3-13(18)4-6-14/h2-7,10H,8-9H2,1H3,(H,19,20). The fraction of sp³-hybridized carbons (Fsp3) is 0.188. The topological polar surface area (TPSA) is 38.3 Å². The molecule has 0 bridgehead atoms. The van der Waals surface area contributed by atoms with Crippen LogP contribution in [0.5, 0.6) is 5.75 Å². The van der Waals surface area contributed by atoms with Crippen LogP contribution in [-0.2, 0) is 4.79 Å². The van der Waals surface area contributed by atoms with Gasteiger partial charge >= 0.3 is 0 Å². The van der Waals surface area contributed by atoms with E-state index in [1.165, 1.54) is 0 Å². The first-order valence-electron chi connectivity index (χ1n) is 6.49. The van der Waals surface area contributed by atoms with Gasteiger partial charge in [0.2, 0.25) is 5.91 Å². The smallest absolute Gasteiger partial charge is 0.227 e. The highest BCUT2D eigenvalue weighted by molar-refractivity contribution is 9.10. The van der Waals surface area contributed by atoms with Gasteiger partial charge in [-0.25, -0.2) is 0 Å². The molecule has 3 nitrogen and oxygen atoms in total. The van der Waals surface area contributed by atoms with E-state index in [0.29, 0.717) is 17.4 Å². The van der Waals surface area contributed by atoms with Crippen LogP contribution in [0.25, 0.3) is 0 Å². The van der Waals surface area contributed by atoms with E-state index in [9.17, 15) is 4.79 Å². The number of amides is 1. The monoisotopic (exact) mass is 367 g/mol. The van der Waals surface area contributed by atoms with E-state index in [0.717, 1.165) is 15.7 Å². The van der Waals surface area contributed by atoms with Gasteiger partial charge in [0.1, 0.15) is 5.75 Å². The van der Waals surface area contributed by atoms with Crippen molar-refractivity contribution in [1.82, 2.24) is 0 Å². The van der Waals surface area contributed by atoms with Crippen molar-refractivity contribution in [2.24, 2.45) is 0 Å². The lowest BCUT2D eigenvalue weighted by Gasteiger charge is -2.09. The van der Waals surface area contributed by atoms with Gasteiger partial charge in [-0.3, -0.25) is 4.79 Å². The number of hydrogen-bond donors (Lipinski definition) is 1. The number of halogens is 2. The van der Waals surface area contributed by atoms with Gasteiger partial charge < -0.3 is 10.1 Å². The summed E-state index contributed by atoms with van der Waals surface area (Å²) in [6.45, 7) is 2.27. The van der Waals surface area contributed by atoms with Crippen molar-refractivity contribution in [2.45, 2.75) is 13.3 Å². The van der Waals surface area contributed by atoms with Crippen molar-refractivity contribution in [3.05, 3.63) is 57.5 Å². The molecule has 0 aliphatic heterocycles. The average Bonchev–Trinajstić information content (AvgIpc) is 2.44. The van der Waals surface area contributed by atoms with Gasteiger partial charge in [-0.2, -0.15) is 0 Å². The minimum atomic E-state index is -0.0746. The number of hydrogen-bond acceptors (Lipinski definition) is 2. The fourth-order valence-electron chi connectivity index (χ4n) is 1.77. The number of rotatable bonds is 5. The summed E-state index contributed by atoms with van der Waals surface area (Å²) in [4.78, 5) is 11.9. The average molecular weight is 369 g/mol. The van der Waals surface area contributed by atoms with Gasteiger partial charge in [0.15, 0.2) is 0 Å². The van der Waals surface area contributed by atoms with Crippen LogP contribution in [0.4, 0.5) is 5.69 Å². The Morgan fingerprint density at radius 3 is 2.62 bits per heavy atom. The van der Waals surface area contributed by atoms with Crippen molar-refractivity contribution in [3.63, 3.8) is 0 Å². The summed E-state index contributed by atoms with van der Waals surface area (Å²) in [5, 5.41) is 3.53. The Morgan fingerprint density at radius 1 is 1.24 bits per heavy atom. The molecule has 2 aromatic carbocycles. The van der Waals surface area contributed by atoms with Crippen LogP contribution in [0, 0.1) is 6.92 Å². The molecule has 0 saturated carbocycles. The van der Waals surface area contributed by atoms with E-state index in [4.69, 9.17) is 16.3 Å². The largest absolute Gasteiger partial charge is 0.493 e. The molecule has 1 N–H and O–H groups in total. The normalized spacial score (nSPS) is 10.2. The molecule has 0 radical (unpaired) electrons. The lowest BCUT2D eigenvalue weighted by molar-refractivity contribution is -0.116. The number of nitrogens with one attached hydrogen (secondary N) is 1. The molecule has 0 spiro atoms. The second-order valence-corrected chi connectivity index (χ2v) is 5.91. The summed E-state index contributed by atoms with van der Waals surface area (Å²) >= 11 is 9.18. The molecule has 2 rings (SSSR count). The highest BCUT2D eigenvalue weighted by Crippen LogP contribution is 2.20. The predicted molar refractivity (Wildman–Crippen MR) is 89.1 cm³/mol. The van der Waals surface area contributed by atoms with E-state index in [1.54, 1.807) is 24.3 Å². The highest BCUT2D eigenvalue weighted by Gasteiger charge is 2.05. The van der Waals surface area contributed by atoms with Gasteiger partial charge in [0.25, 0.3) is 0 Å². The van der Waals surface area contributed by atoms with Crippen molar-refractivity contribution in [2.75, 3.05) is 11.9 Å². The van der Waals surface area contributed by atoms with Gasteiger partial charge in [0, 0.05) is 15.2 Å². The molecule has 0 saturated heterocycles. The molecular weight excluding hydrogens is 354 g/mol. The Bertz CT molecular complexity index is 629. The van der Waals surface area contributed by atoms with Crippen LogP contribution in [0.1, 0.15) is 12.0 Å². The second-order valence-electron chi connectivity index (χ2n) is 4.56. The maximum atomic E-state index is 11.9. The Kier molecular flexibility index (Phi) is 5.65. The van der Waals surface area contributed by atoms with Crippen LogP contribution in [0.3, 0.4) is 0 Å². The van der Waals surface area contributed by atoms with Crippen molar-refractivity contribution in [1.29, 1.82) is 0 Å². The Hall–Kier alpha value is -1.52. The Labute approximate surface area is 137 Å². The van der Waals surface area contributed by atoms with Gasteiger partial charge in [-0.15, -0.1) is 0 Å². The molecule has 0 fully saturated rings. The zero-order chi connectivity index (χ0) is 15.2. The van der Waals surface area contributed by atoms with Crippen LogP contribution >= 0.6 is 27.5 Å². The SMILES string of the molecule is Cc1cc(Br)ccc1NC(=O)CCOc1ccc(Cl)cc1. The number of carbonyl (C=O) groups is 1. The van der Waals surface area contributed by atoms with Gasteiger partial charge in [-0.1, -0.05) is 27.5 Å². The molecule has 0 aliphatic carbocycles. The van der Waals surface area contributed by atoms with E-state index in [-0.39, 0.29) is 12.3 Å². The summed E-state index contributed by atoms with van der Waals surface area (Å²) in [5.41, 5.74) is 1.83. The third-order valence-corrected chi connectivity index (χ3v) is 3.62. The molecule has 0 atom stereocenters. The number of aryl methyl sites for hydroxylation is 1. The lowest BCUT2D eigenvalue weighted by Crippen LogP contribution is -2.15. The van der Waals surface area contributed by atoms with E-state index < -0.39 is 0 Å². The first-order valence-corrected chi connectivity index (χ1v) is 7.66. The molecule has 110 valence electrons. The van der Waals surface area contributed by atoms with Crippen molar-refractivity contribution >= 4 is 39.1 Å². The minimum absolute atomic E-state index is 0.0746. The van der Waals surface area contributed by atoms with Crippen molar-refractivity contribution < 1.29 is 9.53 Å². The summed E-state index contributed by atoms with van der Waals surface area (Å²) in [5.74, 6) is 0.626. The zero-order valence-electron chi connectivity index (χ0n) is 11.5. The molecule has 0 heterocycles. The number of carbonyl (C=O) groups excluding carboxylic acids is 1. The lowest BCUT2D eigenvalue weighted by atomic mass is 10.2. The predicted octanol–water partition coefficient (Wildman–Crippen LogP) is 4.82. The third kappa shape index (κ3) is 5.06. The van der Waals surface area contributed by atoms with Gasteiger partial charge in [0.05, 0.1) is 13.0 Å². The number of ether oxygens (including phenoxy) is 1. The number of anilines is 1. The number of benzene rings is 2. The van der Waals surface area contributed by atoms with Crippen LogP contribution in [0.2, 0.25) is 5.02 Å². The van der Waals surface area contributed by atoms with Crippen LogP contribution in [0.15, 0.2) is 46.9 Å². The molecule has 1 amide bonds. The molecule has 2 aromatic rings. The fourth-order valence-corrected chi connectivity index (χ4v) is 2.37. The molecular formula is C16H15BrClNO2. The summed E-state index contributed by atoms with van der Waals surface area (Å²) in [6, 6.07) is 12.8. The quantitative estimate of drug-likeness (QED) is 0.822. The second kappa shape index (κ2) is 7.48. The Balaban J connectivity index is 1.81. The first-order chi connectivity index (χ1) is 10.0. The summed E-state index contributed by atoms with van der Waals surface area (Å²) in [6.07, 6.45) is 0.290. The molecule has 0 unspecified atom stereocenters. The summed E-state index contributed by atoms with van der Waals surface area (Å²) < 4.78 is 6.48. The first kappa shape index (κ1) is 15.9. The summed E-state index contributed by atoms with van der Waals surface area (Å²) in [7, 11) is 0. The van der Waals surface area contributed by atoms with Crippen LogP contribution < -0.4 is 10.1 Å². The van der Waals surface area contributed by atoms with Crippen LogP contribution in [-0.4, -0.2) is 12.5 Å². The van der Waals surface area contributed by atoms with Gasteiger partial charge in [-0.05, 0) is 55.0 Å². The highest BCUT2D eigenvalue weighted by atomic mass is 79.9. The molecule has 5 heteroatoms. The molecule has 0 aliphatic rings. The maximum Gasteiger partial charge on any atom is 0.227 e. The zero-order valence-corrected chi connectivity index (χ0v) is 13.9. The third-order valence-electron chi connectivity index (χ3n) is 2.87. The maximum absolute atomic E-state index is 11.9. The molecule has 21 heavy (non-hydrogen) atoms. The van der Waals surface area contributed by atoms with E-state index >= 15 is 0 Å². The molecule has 0 aromatic heterocycles. The Morgan fingerprint density at radius 2 is 1.95 bits per heavy atom.